The number of aromatic carboxylic acids is 1. The molecule has 38 heavy (non-hydrogen) atoms. The number of aromatic nitrogens is 2. The Hall–Kier alpha value is -4.38. The molecule has 0 saturated heterocycles. The molecule has 2 aromatic heterocycles. The van der Waals surface area contributed by atoms with Gasteiger partial charge in [-0.15, -0.1) is 0 Å². The zero-order valence-electron chi connectivity index (χ0n) is 21.2. The lowest BCUT2D eigenvalue weighted by molar-refractivity contribution is 0.0690. The molecular formula is C33H30N2O3. The Morgan fingerprint density at radius 1 is 0.921 bits per heavy atom. The van der Waals surface area contributed by atoms with Crippen molar-refractivity contribution in [3.8, 4) is 17.0 Å². The number of hydrogen-bond acceptors (Lipinski definition) is 3. The smallest absolute Gasteiger partial charge is 0.352 e. The van der Waals surface area contributed by atoms with Crippen LogP contribution >= 0.6 is 0 Å². The van der Waals surface area contributed by atoms with Crippen molar-refractivity contribution in [3.05, 3.63) is 102 Å². The second-order valence-corrected chi connectivity index (χ2v) is 9.82. The van der Waals surface area contributed by atoms with Gasteiger partial charge in [0.1, 0.15) is 11.4 Å². The van der Waals surface area contributed by atoms with Crippen molar-refractivity contribution in [1.82, 2.24) is 9.97 Å². The maximum atomic E-state index is 12.3. The van der Waals surface area contributed by atoms with Gasteiger partial charge in [-0.05, 0) is 67.2 Å². The molecule has 190 valence electrons. The van der Waals surface area contributed by atoms with Gasteiger partial charge in [-0.2, -0.15) is 0 Å². The van der Waals surface area contributed by atoms with Crippen molar-refractivity contribution in [3.63, 3.8) is 0 Å². The van der Waals surface area contributed by atoms with E-state index < -0.39 is 5.97 Å². The van der Waals surface area contributed by atoms with E-state index in [2.05, 4.69) is 35.3 Å². The lowest BCUT2D eigenvalue weighted by atomic mass is 9.90. The molecule has 0 radical (unpaired) electrons. The molecule has 0 amide bonds. The summed E-state index contributed by atoms with van der Waals surface area (Å²) in [6.07, 6.45) is 9.96. The van der Waals surface area contributed by atoms with Gasteiger partial charge in [0, 0.05) is 28.1 Å². The average molecular weight is 503 g/mol. The second-order valence-electron chi connectivity index (χ2n) is 9.82. The first kappa shape index (κ1) is 24.0. The van der Waals surface area contributed by atoms with Crippen LogP contribution < -0.4 is 4.74 Å². The highest BCUT2D eigenvalue weighted by atomic mass is 16.5. The van der Waals surface area contributed by atoms with Crippen molar-refractivity contribution < 1.29 is 14.6 Å². The van der Waals surface area contributed by atoms with Crippen molar-refractivity contribution in [2.75, 3.05) is 6.61 Å². The molecule has 0 spiro atoms. The van der Waals surface area contributed by atoms with Gasteiger partial charge in [-0.1, -0.05) is 66.7 Å². The number of ether oxygens (including phenoxy) is 1. The number of nitrogens with zero attached hydrogens (tertiary/aromatic N) is 1. The molecule has 0 unspecified atom stereocenters. The van der Waals surface area contributed by atoms with Crippen molar-refractivity contribution in [2.45, 2.75) is 38.5 Å². The van der Waals surface area contributed by atoms with Crippen molar-refractivity contribution >= 4 is 33.2 Å². The summed E-state index contributed by atoms with van der Waals surface area (Å²) in [5.41, 5.74) is 6.17. The van der Waals surface area contributed by atoms with Crippen LogP contribution in [0.5, 0.6) is 5.75 Å². The molecule has 0 aliphatic heterocycles. The number of pyridine rings is 1. The number of para-hydroxylation sites is 1. The minimum Gasteiger partial charge on any atom is -0.493 e. The van der Waals surface area contributed by atoms with E-state index in [0.29, 0.717) is 19.4 Å². The predicted octanol–water partition coefficient (Wildman–Crippen LogP) is 8.05. The van der Waals surface area contributed by atoms with Gasteiger partial charge in [0.05, 0.1) is 17.8 Å². The minimum atomic E-state index is -0.951. The van der Waals surface area contributed by atoms with Gasteiger partial charge in [-0.25, -0.2) is 4.79 Å². The molecule has 1 aliphatic rings. The molecule has 0 bridgehead atoms. The first-order valence-corrected chi connectivity index (χ1v) is 13.3. The van der Waals surface area contributed by atoms with E-state index in [-0.39, 0.29) is 5.69 Å². The molecule has 0 atom stereocenters. The standard InChI is InChI=1S/C33H30N2O3/c36-33(37)32-27(18-9-21-38-29-19-6-13-22-12-4-5-14-24(22)29)26-15-7-16-28(31(26)35-32)30-25(17-8-20-34-30)23-10-2-1-3-11-23/h4-8,10,12-17,19-20,35H,1-3,9,11,18,21H2,(H,36,37). The summed E-state index contributed by atoms with van der Waals surface area (Å²) in [6, 6.07) is 24.4. The highest BCUT2D eigenvalue weighted by Gasteiger charge is 2.21. The number of aryl methyl sites for hydroxylation is 1. The van der Waals surface area contributed by atoms with E-state index in [4.69, 9.17) is 9.72 Å². The van der Waals surface area contributed by atoms with Crippen LogP contribution in [-0.2, 0) is 6.42 Å². The molecular weight excluding hydrogens is 472 g/mol. The molecule has 2 N–H and O–H groups in total. The number of rotatable bonds is 8. The van der Waals surface area contributed by atoms with Crippen LogP contribution in [0.4, 0.5) is 0 Å². The Morgan fingerprint density at radius 3 is 2.61 bits per heavy atom. The van der Waals surface area contributed by atoms with Gasteiger partial charge in [0.2, 0.25) is 0 Å². The first-order valence-electron chi connectivity index (χ1n) is 13.3. The fourth-order valence-corrected chi connectivity index (χ4v) is 5.63. The van der Waals surface area contributed by atoms with Gasteiger partial charge in [-0.3, -0.25) is 4.98 Å². The number of allylic oxidation sites excluding steroid dienone is 2. The summed E-state index contributed by atoms with van der Waals surface area (Å²) in [5, 5.41) is 13.2. The van der Waals surface area contributed by atoms with E-state index in [1.807, 2.05) is 54.7 Å². The first-order chi connectivity index (χ1) is 18.7. The fourth-order valence-electron chi connectivity index (χ4n) is 5.63. The van der Waals surface area contributed by atoms with Crippen LogP contribution in [0.25, 0.3) is 38.5 Å². The molecule has 5 nitrogen and oxygen atoms in total. The van der Waals surface area contributed by atoms with E-state index >= 15 is 0 Å². The molecule has 1 aliphatic carbocycles. The molecule has 5 heteroatoms. The maximum absolute atomic E-state index is 12.3. The number of fused-ring (bicyclic) bond motifs is 2. The minimum absolute atomic E-state index is 0.243. The van der Waals surface area contributed by atoms with Gasteiger partial charge < -0.3 is 14.8 Å². The van der Waals surface area contributed by atoms with E-state index in [0.717, 1.165) is 62.7 Å². The number of carboxylic acids is 1. The highest BCUT2D eigenvalue weighted by molar-refractivity contribution is 6.03. The molecule has 3 aromatic carbocycles. The Bertz CT molecular complexity index is 1660. The van der Waals surface area contributed by atoms with Gasteiger partial charge in [0.15, 0.2) is 0 Å². The maximum Gasteiger partial charge on any atom is 0.352 e. The predicted molar refractivity (Wildman–Crippen MR) is 153 cm³/mol. The van der Waals surface area contributed by atoms with Crippen LogP contribution in [0.2, 0.25) is 0 Å². The second kappa shape index (κ2) is 10.5. The zero-order chi connectivity index (χ0) is 25.9. The number of benzene rings is 3. The number of carboxylic acid groups (broad SMARTS) is 1. The van der Waals surface area contributed by atoms with Crippen LogP contribution in [0.3, 0.4) is 0 Å². The monoisotopic (exact) mass is 502 g/mol. The topological polar surface area (TPSA) is 75.2 Å². The van der Waals surface area contributed by atoms with Crippen molar-refractivity contribution in [1.29, 1.82) is 0 Å². The summed E-state index contributed by atoms with van der Waals surface area (Å²) >= 11 is 0. The summed E-state index contributed by atoms with van der Waals surface area (Å²) in [5.74, 6) is -0.101. The lowest BCUT2D eigenvalue weighted by Crippen LogP contribution is -2.04. The van der Waals surface area contributed by atoms with Gasteiger partial charge in [0.25, 0.3) is 0 Å². The van der Waals surface area contributed by atoms with Crippen molar-refractivity contribution in [2.24, 2.45) is 0 Å². The summed E-state index contributed by atoms with van der Waals surface area (Å²) in [4.78, 5) is 20.3. The number of hydrogen-bond donors (Lipinski definition) is 2. The van der Waals surface area contributed by atoms with E-state index in [1.165, 1.54) is 18.4 Å². The number of carbonyl (C=O) groups is 1. The third kappa shape index (κ3) is 4.56. The lowest BCUT2D eigenvalue weighted by Gasteiger charge is -2.16. The molecule has 6 rings (SSSR count). The number of aromatic amines is 1. The van der Waals surface area contributed by atoms with Gasteiger partial charge >= 0.3 is 5.97 Å². The Morgan fingerprint density at radius 2 is 1.74 bits per heavy atom. The van der Waals surface area contributed by atoms with Crippen LogP contribution in [-0.4, -0.2) is 27.7 Å². The summed E-state index contributed by atoms with van der Waals surface area (Å²) in [6.45, 7) is 0.498. The summed E-state index contributed by atoms with van der Waals surface area (Å²) < 4.78 is 6.13. The van der Waals surface area contributed by atoms with E-state index in [9.17, 15) is 9.90 Å². The third-order valence-corrected chi connectivity index (χ3v) is 7.43. The summed E-state index contributed by atoms with van der Waals surface area (Å²) in [7, 11) is 0. The SMILES string of the molecule is O=C(O)c1[nH]c2c(-c3ncccc3C3=CCCCC3)cccc2c1CCCOc1cccc2ccccc12. The number of H-pyrrole nitrogens is 1. The Labute approximate surface area is 221 Å². The zero-order valence-corrected chi connectivity index (χ0v) is 21.2. The van der Waals surface area contributed by atoms with E-state index in [1.54, 1.807) is 0 Å². The van der Waals surface area contributed by atoms with Crippen LogP contribution in [0, 0.1) is 0 Å². The quantitative estimate of drug-likeness (QED) is 0.211. The molecule has 0 fully saturated rings. The largest absolute Gasteiger partial charge is 0.493 e. The molecule has 0 saturated carbocycles. The fraction of sp³-hybridized carbons (Fsp3) is 0.212. The van der Waals surface area contributed by atoms with Crippen LogP contribution in [0.1, 0.15) is 53.7 Å². The highest BCUT2D eigenvalue weighted by Crippen LogP contribution is 2.37. The third-order valence-electron chi connectivity index (χ3n) is 7.43. The molecule has 2 heterocycles. The number of nitrogens with one attached hydrogen (secondary N) is 1. The average Bonchev–Trinajstić information content (AvgIpc) is 3.35. The Balaban J connectivity index is 1.30. The molecule has 5 aromatic rings. The normalized spacial score (nSPS) is 13.5. The van der Waals surface area contributed by atoms with Crippen LogP contribution in [0.15, 0.2) is 85.1 Å². The Kier molecular flexibility index (Phi) is 6.65.